The van der Waals surface area contributed by atoms with Gasteiger partial charge in [-0.3, -0.25) is 4.68 Å². The lowest BCUT2D eigenvalue weighted by Gasteiger charge is -2.24. The van der Waals surface area contributed by atoms with E-state index in [1.165, 1.54) is 54.0 Å². The van der Waals surface area contributed by atoms with E-state index in [9.17, 15) is 0 Å². The third-order valence-corrected chi connectivity index (χ3v) is 5.77. The molecule has 0 aliphatic carbocycles. The molecule has 0 radical (unpaired) electrons. The predicted molar refractivity (Wildman–Crippen MR) is 110 cm³/mol. The summed E-state index contributed by atoms with van der Waals surface area (Å²) in [5.41, 5.74) is 8.18. The largest absolute Gasteiger partial charge is 0.371 e. The maximum atomic E-state index is 4.56. The van der Waals surface area contributed by atoms with E-state index >= 15 is 0 Å². The molecule has 0 N–H and O–H groups in total. The van der Waals surface area contributed by atoms with Crippen LogP contribution in [0.5, 0.6) is 0 Å². The highest BCUT2D eigenvalue weighted by atomic mass is 15.3. The van der Waals surface area contributed by atoms with Crippen molar-refractivity contribution < 1.29 is 0 Å². The second-order valence-electron chi connectivity index (χ2n) is 7.93. The minimum Gasteiger partial charge on any atom is -0.371 e. The number of aryl methyl sites for hydroxylation is 3. The Bertz CT molecular complexity index is 741. The molecule has 0 saturated carbocycles. The molecule has 0 atom stereocenters. The van der Waals surface area contributed by atoms with Gasteiger partial charge in [-0.15, -0.1) is 0 Å². The zero-order valence-electron chi connectivity index (χ0n) is 17.2. The summed E-state index contributed by atoms with van der Waals surface area (Å²) in [6, 6.07) is 6.83. The van der Waals surface area contributed by atoms with Crippen LogP contribution in [-0.4, -0.2) is 41.4 Å². The summed E-state index contributed by atoms with van der Waals surface area (Å²) in [7, 11) is 2.23. The van der Waals surface area contributed by atoms with Gasteiger partial charge in [-0.2, -0.15) is 5.10 Å². The normalized spacial score (nSPS) is 14.6. The number of hydrogen-bond donors (Lipinski definition) is 0. The first kappa shape index (κ1) is 19.0. The highest BCUT2D eigenvalue weighted by molar-refractivity contribution is 5.58. The van der Waals surface area contributed by atoms with Crippen LogP contribution in [0.3, 0.4) is 0 Å². The Balaban J connectivity index is 1.56. The zero-order valence-corrected chi connectivity index (χ0v) is 17.2. The SMILES string of the molecule is Cc1cc(C)n(CCCN(C)Cc2ccc(N3CCCC3)c(C)c2C)n1. The zero-order chi connectivity index (χ0) is 18.7. The molecule has 1 aromatic carbocycles. The summed E-state index contributed by atoms with van der Waals surface area (Å²) < 4.78 is 2.13. The monoisotopic (exact) mass is 354 g/mol. The van der Waals surface area contributed by atoms with Gasteiger partial charge in [0, 0.05) is 37.6 Å². The van der Waals surface area contributed by atoms with Gasteiger partial charge in [-0.25, -0.2) is 0 Å². The molecule has 3 rings (SSSR count). The Labute approximate surface area is 158 Å². The molecule has 142 valence electrons. The molecule has 4 heteroatoms. The fourth-order valence-corrected chi connectivity index (χ4v) is 4.10. The van der Waals surface area contributed by atoms with Crippen molar-refractivity contribution in [1.29, 1.82) is 0 Å². The van der Waals surface area contributed by atoms with E-state index in [1.54, 1.807) is 0 Å². The Kier molecular flexibility index (Phi) is 6.02. The lowest BCUT2D eigenvalue weighted by Crippen LogP contribution is -2.22. The second kappa shape index (κ2) is 8.26. The third-order valence-electron chi connectivity index (χ3n) is 5.77. The van der Waals surface area contributed by atoms with Crippen molar-refractivity contribution in [2.75, 3.05) is 31.6 Å². The minimum atomic E-state index is 0.996. The summed E-state index contributed by atoms with van der Waals surface area (Å²) in [5.74, 6) is 0. The van der Waals surface area contributed by atoms with E-state index in [4.69, 9.17) is 0 Å². The van der Waals surface area contributed by atoms with Crippen LogP contribution in [0.1, 0.15) is 47.3 Å². The van der Waals surface area contributed by atoms with Crippen LogP contribution >= 0.6 is 0 Å². The van der Waals surface area contributed by atoms with Gasteiger partial charge >= 0.3 is 0 Å². The highest BCUT2D eigenvalue weighted by Crippen LogP contribution is 2.28. The van der Waals surface area contributed by atoms with Crippen LogP contribution in [0.25, 0.3) is 0 Å². The summed E-state index contributed by atoms with van der Waals surface area (Å²) in [6.45, 7) is 14.3. The molecule has 1 saturated heterocycles. The molecule has 1 aliphatic rings. The molecule has 0 unspecified atom stereocenters. The molecule has 1 fully saturated rings. The molecular weight excluding hydrogens is 320 g/mol. The first-order valence-corrected chi connectivity index (χ1v) is 9.99. The van der Waals surface area contributed by atoms with Gasteiger partial charge in [0.25, 0.3) is 0 Å². The van der Waals surface area contributed by atoms with Crippen LogP contribution in [0.2, 0.25) is 0 Å². The minimum absolute atomic E-state index is 0.996. The van der Waals surface area contributed by atoms with Crippen molar-refractivity contribution in [2.24, 2.45) is 0 Å². The van der Waals surface area contributed by atoms with E-state index in [1.807, 2.05) is 0 Å². The molecule has 0 spiro atoms. The van der Waals surface area contributed by atoms with E-state index in [0.717, 1.165) is 31.7 Å². The Hall–Kier alpha value is -1.81. The van der Waals surface area contributed by atoms with Crippen molar-refractivity contribution in [2.45, 2.75) is 60.0 Å². The maximum absolute atomic E-state index is 4.56. The van der Waals surface area contributed by atoms with Crippen LogP contribution in [0.15, 0.2) is 18.2 Å². The number of hydrogen-bond acceptors (Lipinski definition) is 3. The van der Waals surface area contributed by atoms with E-state index < -0.39 is 0 Å². The molecule has 1 aliphatic heterocycles. The van der Waals surface area contributed by atoms with Gasteiger partial charge in [0.2, 0.25) is 0 Å². The van der Waals surface area contributed by atoms with Crippen LogP contribution in [0, 0.1) is 27.7 Å². The summed E-state index contributed by atoms with van der Waals surface area (Å²) in [5, 5.41) is 4.56. The smallest absolute Gasteiger partial charge is 0.0596 e. The third kappa shape index (κ3) is 4.29. The molecular formula is C22H34N4. The van der Waals surface area contributed by atoms with Crippen molar-refractivity contribution >= 4 is 5.69 Å². The summed E-state index contributed by atoms with van der Waals surface area (Å²) >= 11 is 0. The number of anilines is 1. The number of aromatic nitrogens is 2. The van der Waals surface area contributed by atoms with Crippen molar-refractivity contribution in [3.05, 3.63) is 46.3 Å². The first-order valence-electron chi connectivity index (χ1n) is 9.99. The first-order chi connectivity index (χ1) is 12.5. The van der Waals surface area contributed by atoms with E-state index in [0.29, 0.717) is 0 Å². The van der Waals surface area contributed by atoms with Crippen molar-refractivity contribution in [3.63, 3.8) is 0 Å². The van der Waals surface area contributed by atoms with Crippen molar-refractivity contribution in [1.82, 2.24) is 14.7 Å². The van der Waals surface area contributed by atoms with Crippen molar-refractivity contribution in [3.8, 4) is 0 Å². The lowest BCUT2D eigenvalue weighted by atomic mass is 10.0. The number of benzene rings is 1. The van der Waals surface area contributed by atoms with Gasteiger partial charge in [0.05, 0.1) is 5.69 Å². The molecule has 0 bridgehead atoms. The second-order valence-corrected chi connectivity index (χ2v) is 7.93. The quantitative estimate of drug-likeness (QED) is 0.743. The van der Waals surface area contributed by atoms with Gasteiger partial charge < -0.3 is 9.80 Å². The predicted octanol–water partition coefficient (Wildman–Crippen LogP) is 4.24. The fraction of sp³-hybridized carbons (Fsp3) is 0.591. The van der Waals surface area contributed by atoms with Gasteiger partial charge in [0.15, 0.2) is 0 Å². The van der Waals surface area contributed by atoms with Gasteiger partial charge in [-0.1, -0.05) is 6.07 Å². The Morgan fingerprint density at radius 3 is 2.42 bits per heavy atom. The van der Waals surface area contributed by atoms with Crippen LogP contribution < -0.4 is 4.90 Å². The fourth-order valence-electron chi connectivity index (χ4n) is 4.10. The summed E-state index contributed by atoms with van der Waals surface area (Å²) in [4.78, 5) is 4.98. The highest BCUT2D eigenvalue weighted by Gasteiger charge is 2.16. The standard InChI is InChI=1S/C22H34N4/c1-17-15-18(2)26(23-17)14-8-11-24(5)16-21-9-10-22(20(4)19(21)3)25-12-6-7-13-25/h9-10,15H,6-8,11-14,16H2,1-5H3. The maximum Gasteiger partial charge on any atom is 0.0596 e. The number of rotatable bonds is 7. The van der Waals surface area contributed by atoms with E-state index in [2.05, 4.69) is 72.5 Å². The molecule has 4 nitrogen and oxygen atoms in total. The average Bonchev–Trinajstić information content (AvgIpc) is 3.22. The topological polar surface area (TPSA) is 24.3 Å². The van der Waals surface area contributed by atoms with Crippen LogP contribution in [-0.2, 0) is 13.1 Å². The molecule has 2 aromatic rings. The number of nitrogens with zero attached hydrogens (tertiary/aromatic N) is 4. The Morgan fingerprint density at radius 2 is 1.77 bits per heavy atom. The van der Waals surface area contributed by atoms with Gasteiger partial charge in [-0.05, 0) is 89.4 Å². The lowest BCUT2D eigenvalue weighted by molar-refractivity contribution is 0.310. The summed E-state index contributed by atoms with van der Waals surface area (Å²) in [6.07, 6.45) is 3.79. The Morgan fingerprint density at radius 1 is 1.04 bits per heavy atom. The molecule has 26 heavy (non-hydrogen) atoms. The molecule has 0 amide bonds. The molecule has 2 heterocycles. The molecule has 1 aromatic heterocycles. The van der Waals surface area contributed by atoms with Gasteiger partial charge in [0.1, 0.15) is 0 Å². The van der Waals surface area contributed by atoms with E-state index in [-0.39, 0.29) is 0 Å². The van der Waals surface area contributed by atoms with Crippen LogP contribution in [0.4, 0.5) is 5.69 Å². The average molecular weight is 355 g/mol.